The van der Waals surface area contributed by atoms with Crippen LogP contribution in [0.1, 0.15) is 24.3 Å². The molecule has 2 aromatic carbocycles. The van der Waals surface area contributed by atoms with Crippen LogP contribution in [0.15, 0.2) is 54.6 Å². The van der Waals surface area contributed by atoms with Crippen molar-refractivity contribution < 1.29 is 19.1 Å². The second kappa shape index (κ2) is 7.09. The lowest BCUT2D eigenvalue weighted by Gasteiger charge is -2.37. The highest BCUT2D eigenvalue weighted by Crippen LogP contribution is 2.30. The van der Waals surface area contributed by atoms with Gasteiger partial charge in [0.05, 0.1) is 24.7 Å². The summed E-state index contributed by atoms with van der Waals surface area (Å²) in [6.07, 6.45) is -0.613. The lowest BCUT2D eigenvalue weighted by atomic mass is 10.1. The van der Waals surface area contributed by atoms with E-state index in [2.05, 4.69) is 0 Å². The lowest BCUT2D eigenvalue weighted by Crippen LogP contribution is -2.44. The van der Waals surface area contributed by atoms with Crippen LogP contribution in [0.5, 0.6) is 0 Å². The highest BCUT2D eigenvalue weighted by molar-refractivity contribution is 5.34. The molecule has 24 heavy (non-hydrogen) atoms. The van der Waals surface area contributed by atoms with Crippen molar-refractivity contribution in [1.29, 1.82) is 0 Å². The molecular weight excluding hydrogens is 310 g/mol. The standard InChI is InChI=1S/C18H19NO5/c1-18(24-11-14-6-3-2-4-7-14)12-22-17(23-13-18)15-8-5-9-16(10-15)19(20)21/h2-10,17H,11-13H2,1H3. The maximum atomic E-state index is 10.9. The Morgan fingerprint density at radius 3 is 2.54 bits per heavy atom. The number of nitrogens with zero attached hydrogens (tertiary/aromatic N) is 1. The van der Waals surface area contributed by atoms with E-state index in [9.17, 15) is 10.1 Å². The molecule has 1 heterocycles. The monoisotopic (exact) mass is 329 g/mol. The Hall–Kier alpha value is -2.28. The summed E-state index contributed by atoms with van der Waals surface area (Å²) < 4.78 is 17.4. The zero-order valence-electron chi connectivity index (χ0n) is 13.4. The largest absolute Gasteiger partial charge is 0.366 e. The van der Waals surface area contributed by atoms with Gasteiger partial charge in [-0.2, -0.15) is 0 Å². The van der Waals surface area contributed by atoms with Gasteiger partial charge in [-0.25, -0.2) is 0 Å². The third kappa shape index (κ3) is 3.97. The number of nitro benzene ring substituents is 1. The SMILES string of the molecule is CC1(OCc2ccccc2)COC(c2cccc([N+](=O)[O-])c2)OC1. The van der Waals surface area contributed by atoms with Crippen LogP contribution in [0.25, 0.3) is 0 Å². The van der Waals surface area contributed by atoms with Crippen molar-refractivity contribution in [2.24, 2.45) is 0 Å². The van der Waals surface area contributed by atoms with Crippen molar-refractivity contribution >= 4 is 5.69 Å². The molecule has 126 valence electrons. The maximum absolute atomic E-state index is 10.9. The maximum Gasteiger partial charge on any atom is 0.269 e. The minimum absolute atomic E-state index is 0.0216. The van der Waals surface area contributed by atoms with E-state index in [-0.39, 0.29) is 5.69 Å². The number of hydrogen-bond acceptors (Lipinski definition) is 5. The van der Waals surface area contributed by atoms with Gasteiger partial charge in [0.1, 0.15) is 5.60 Å². The van der Waals surface area contributed by atoms with Crippen LogP contribution in [0, 0.1) is 10.1 Å². The predicted octanol–water partition coefficient (Wildman–Crippen LogP) is 3.62. The number of nitro groups is 1. The molecule has 0 radical (unpaired) electrons. The number of rotatable bonds is 5. The van der Waals surface area contributed by atoms with Crippen LogP contribution in [-0.2, 0) is 20.8 Å². The third-order valence-corrected chi connectivity index (χ3v) is 3.86. The molecule has 6 heteroatoms. The molecule has 0 bridgehead atoms. The van der Waals surface area contributed by atoms with Gasteiger partial charge in [0.25, 0.3) is 5.69 Å². The number of ether oxygens (including phenoxy) is 3. The van der Waals surface area contributed by atoms with Crippen LogP contribution >= 0.6 is 0 Å². The van der Waals surface area contributed by atoms with E-state index < -0.39 is 16.8 Å². The van der Waals surface area contributed by atoms with Crippen molar-refractivity contribution in [2.45, 2.75) is 25.4 Å². The van der Waals surface area contributed by atoms with E-state index in [1.807, 2.05) is 37.3 Å². The fourth-order valence-electron chi connectivity index (χ4n) is 2.49. The number of benzene rings is 2. The summed E-state index contributed by atoms with van der Waals surface area (Å²) in [5.41, 5.74) is 1.19. The Kier molecular flexibility index (Phi) is 4.89. The van der Waals surface area contributed by atoms with E-state index in [4.69, 9.17) is 14.2 Å². The van der Waals surface area contributed by atoms with Crippen molar-refractivity contribution in [2.75, 3.05) is 13.2 Å². The summed E-state index contributed by atoms with van der Waals surface area (Å²) in [4.78, 5) is 10.4. The van der Waals surface area contributed by atoms with Crippen LogP contribution in [0.4, 0.5) is 5.69 Å². The number of hydrogen-bond donors (Lipinski definition) is 0. The summed E-state index contributed by atoms with van der Waals surface area (Å²) in [5, 5.41) is 10.9. The second-order valence-electron chi connectivity index (χ2n) is 6.03. The van der Waals surface area contributed by atoms with E-state index in [1.165, 1.54) is 12.1 Å². The van der Waals surface area contributed by atoms with Crippen molar-refractivity contribution in [3.63, 3.8) is 0 Å². The zero-order chi connectivity index (χ0) is 17.0. The first kappa shape index (κ1) is 16.6. The first-order valence-corrected chi connectivity index (χ1v) is 7.71. The van der Waals surface area contributed by atoms with Gasteiger partial charge in [0.15, 0.2) is 6.29 Å². The molecule has 0 spiro atoms. The minimum atomic E-state index is -0.613. The zero-order valence-corrected chi connectivity index (χ0v) is 13.4. The molecule has 1 fully saturated rings. The van der Waals surface area contributed by atoms with E-state index in [0.29, 0.717) is 25.4 Å². The summed E-state index contributed by atoms with van der Waals surface area (Å²) in [7, 11) is 0. The van der Waals surface area contributed by atoms with E-state index in [0.717, 1.165) is 5.56 Å². The van der Waals surface area contributed by atoms with Gasteiger partial charge in [-0.15, -0.1) is 0 Å². The summed E-state index contributed by atoms with van der Waals surface area (Å²) in [6.45, 7) is 3.12. The van der Waals surface area contributed by atoms with Gasteiger partial charge < -0.3 is 14.2 Å². The Balaban J connectivity index is 1.58. The Morgan fingerprint density at radius 2 is 1.88 bits per heavy atom. The molecule has 0 aromatic heterocycles. The lowest BCUT2D eigenvalue weighted by molar-refractivity contribution is -0.385. The molecule has 0 N–H and O–H groups in total. The van der Waals surface area contributed by atoms with Crippen LogP contribution in [0.3, 0.4) is 0 Å². The first-order valence-electron chi connectivity index (χ1n) is 7.71. The van der Waals surface area contributed by atoms with Gasteiger partial charge >= 0.3 is 0 Å². The van der Waals surface area contributed by atoms with Gasteiger partial charge in [-0.05, 0) is 12.5 Å². The Labute approximate surface area is 140 Å². The normalized spacial score (nSPS) is 23.8. The quantitative estimate of drug-likeness (QED) is 0.619. The second-order valence-corrected chi connectivity index (χ2v) is 6.03. The molecule has 0 aliphatic carbocycles. The van der Waals surface area contributed by atoms with Crippen molar-refractivity contribution in [1.82, 2.24) is 0 Å². The molecule has 3 rings (SSSR count). The van der Waals surface area contributed by atoms with Gasteiger partial charge in [-0.1, -0.05) is 42.5 Å². The van der Waals surface area contributed by atoms with E-state index >= 15 is 0 Å². The molecule has 0 amide bonds. The van der Waals surface area contributed by atoms with Crippen LogP contribution in [-0.4, -0.2) is 23.7 Å². The molecule has 1 aliphatic rings. The molecular formula is C18H19NO5. The number of non-ortho nitro benzene ring substituents is 1. The highest BCUT2D eigenvalue weighted by atomic mass is 16.7. The summed E-state index contributed by atoms with van der Waals surface area (Å²) >= 11 is 0. The van der Waals surface area contributed by atoms with Gasteiger partial charge in [0.2, 0.25) is 0 Å². The molecule has 1 saturated heterocycles. The van der Waals surface area contributed by atoms with E-state index in [1.54, 1.807) is 12.1 Å². The fourth-order valence-corrected chi connectivity index (χ4v) is 2.49. The first-order chi connectivity index (χ1) is 11.6. The predicted molar refractivity (Wildman–Crippen MR) is 87.4 cm³/mol. The molecule has 2 aromatic rings. The average molecular weight is 329 g/mol. The molecule has 1 aliphatic heterocycles. The average Bonchev–Trinajstić information content (AvgIpc) is 2.62. The Bertz CT molecular complexity index is 696. The Morgan fingerprint density at radius 1 is 1.17 bits per heavy atom. The third-order valence-electron chi connectivity index (χ3n) is 3.86. The highest BCUT2D eigenvalue weighted by Gasteiger charge is 2.34. The minimum Gasteiger partial charge on any atom is -0.366 e. The van der Waals surface area contributed by atoms with Crippen LogP contribution in [0.2, 0.25) is 0 Å². The van der Waals surface area contributed by atoms with Crippen molar-refractivity contribution in [3.05, 3.63) is 75.8 Å². The smallest absolute Gasteiger partial charge is 0.269 e. The summed E-state index contributed by atoms with van der Waals surface area (Å²) in [5.74, 6) is 0. The van der Waals surface area contributed by atoms with Gasteiger partial charge in [0, 0.05) is 17.7 Å². The summed E-state index contributed by atoms with van der Waals surface area (Å²) in [6, 6.07) is 16.2. The molecule has 0 atom stereocenters. The molecule has 6 nitrogen and oxygen atoms in total. The van der Waals surface area contributed by atoms with Gasteiger partial charge in [-0.3, -0.25) is 10.1 Å². The topological polar surface area (TPSA) is 70.8 Å². The molecule has 0 unspecified atom stereocenters. The molecule has 0 saturated carbocycles. The van der Waals surface area contributed by atoms with Crippen LogP contribution < -0.4 is 0 Å². The van der Waals surface area contributed by atoms with Crippen molar-refractivity contribution in [3.8, 4) is 0 Å². The fraction of sp³-hybridized carbons (Fsp3) is 0.333.